The zero-order valence-corrected chi connectivity index (χ0v) is 9.63. The highest BCUT2D eigenvalue weighted by Gasteiger charge is 2.55. The minimum Gasteiger partial charge on any atom is -0.0651 e. The predicted molar refractivity (Wildman–Crippen MR) is 59.7 cm³/mol. The Hall–Kier alpha value is 0. The van der Waals surface area contributed by atoms with Crippen LogP contribution in [0.15, 0.2) is 0 Å². The summed E-state index contributed by atoms with van der Waals surface area (Å²) in [5, 5.41) is 0. The largest absolute Gasteiger partial charge is 0.0651 e. The molecule has 0 N–H and O–H groups in total. The third-order valence-corrected chi connectivity index (χ3v) is 5.60. The first-order chi connectivity index (χ1) is 6.77. The summed E-state index contributed by atoms with van der Waals surface area (Å²) in [7, 11) is 0. The quantitative estimate of drug-likeness (QED) is 0.617. The summed E-state index contributed by atoms with van der Waals surface area (Å²) in [4.78, 5) is 0. The standard InChI is InChI=1S/C14H23/c1-3-13-12-6-10-5-11(7-12)9-14(13,4-2)8-10/h4,10-13H,3,5-9H2,1-2H3. The molecule has 4 aliphatic carbocycles. The van der Waals surface area contributed by atoms with Gasteiger partial charge in [0.2, 0.25) is 0 Å². The minimum atomic E-state index is 0.684. The number of hydrogen-bond donors (Lipinski definition) is 0. The van der Waals surface area contributed by atoms with Crippen LogP contribution in [0.25, 0.3) is 0 Å². The zero-order valence-electron chi connectivity index (χ0n) is 9.63. The Bertz CT molecular complexity index is 216. The lowest BCUT2D eigenvalue weighted by Gasteiger charge is -2.61. The minimum absolute atomic E-state index is 0.684. The Morgan fingerprint density at radius 3 is 2.29 bits per heavy atom. The first-order valence-corrected chi connectivity index (χ1v) is 6.58. The third kappa shape index (κ3) is 1.06. The van der Waals surface area contributed by atoms with Crippen molar-refractivity contribution < 1.29 is 0 Å². The maximum Gasteiger partial charge on any atom is -0.0233 e. The summed E-state index contributed by atoms with van der Waals surface area (Å²) in [5.74, 6) is 4.35. The lowest BCUT2D eigenvalue weighted by Crippen LogP contribution is -2.52. The zero-order chi connectivity index (χ0) is 9.76. The van der Waals surface area contributed by atoms with Crippen molar-refractivity contribution >= 4 is 0 Å². The van der Waals surface area contributed by atoms with Gasteiger partial charge in [0.1, 0.15) is 0 Å². The Labute approximate surface area is 88.5 Å². The monoisotopic (exact) mass is 191 g/mol. The van der Waals surface area contributed by atoms with Gasteiger partial charge in [-0.3, -0.25) is 0 Å². The van der Waals surface area contributed by atoms with Gasteiger partial charge in [-0.05, 0) is 67.6 Å². The lowest BCUT2D eigenvalue weighted by molar-refractivity contribution is -0.0910. The number of hydrogen-bond acceptors (Lipinski definition) is 0. The highest BCUT2D eigenvalue weighted by atomic mass is 14.6. The topological polar surface area (TPSA) is 0 Å². The second kappa shape index (κ2) is 3.00. The van der Waals surface area contributed by atoms with E-state index in [2.05, 4.69) is 20.3 Å². The molecule has 4 bridgehead atoms. The average Bonchev–Trinajstić information content (AvgIpc) is 2.16. The molecule has 4 saturated carbocycles. The van der Waals surface area contributed by atoms with Gasteiger partial charge < -0.3 is 0 Å². The average molecular weight is 191 g/mol. The van der Waals surface area contributed by atoms with E-state index in [1.807, 2.05) is 0 Å². The molecular formula is C14H23. The van der Waals surface area contributed by atoms with Crippen LogP contribution in [-0.2, 0) is 0 Å². The van der Waals surface area contributed by atoms with E-state index in [0.29, 0.717) is 5.41 Å². The molecule has 3 unspecified atom stereocenters. The van der Waals surface area contributed by atoms with Crippen LogP contribution in [0.3, 0.4) is 0 Å². The van der Waals surface area contributed by atoms with Crippen LogP contribution in [0.4, 0.5) is 0 Å². The van der Waals surface area contributed by atoms with Crippen LogP contribution in [0.2, 0.25) is 0 Å². The molecule has 79 valence electrons. The van der Waals surface area contributed by atoms with E-state index < -0.39 is 0 Å². The highest BCUT2D eigenvalue weighted by Crippen LogP contribution is 2.64. The summed E-state index contributed by atoms with van der Waals surface area (Å²) < 4.78 is 0. The molecule has 0 aromatic rings. The Kier molecular flexibility index (Phi) is 1.98. The van der Waals surface area contributed by atoms with Gasteiger partial charge in [-0.2, -0.15) is 0 Å². The van der Waals surface area contributed by atoms with Crippen molar-refractivity contribution in [2.45, 2.75) is 52.4 Å². The van der Waals surface area contributed by atoms with Crippen molar-refractivity contribution in [3.63, 3.8) is 0 Å². The number of rotatable bonds is 2. The van der Waals surface area contributed by atoms with Crippen LogP contribution in [0.5, 0.6) is 0 Å². The summed E-state index contributed by atoms with van der Waals surface area (Å²) in [6.45, 7) is 4.74. The van der Waals surface area contributed by atoms with Crippen molar-refractivity contribution in [3.8, 4) is 0 Å². The molecule has 14 heavy (non-hydrogen) atoms. The normalized spacial score (nSPS) is 55.3. The van der Waals surface area contributed by atoms with E-state index in [9.17, 15) is 0 Å². The molecule has 4 rings (SSSR count). The fourth-order valence-electron chi connectivity index (χ4n) is 5.40. The smallest absolute Gasteiger partial charge is 0.0233 e. The molecule has 1 radical (unpaired) electrons. The molecule has 0 nitrogen and oxygen atoms in total. The molecule has 0 aromatic heterocycles. The summed E-state index contributed by atoms with van der Waals surface area (Å²) in [6.07, 6.45) is 11.8. The van der Waals surface area contributed by atoms with E-state index in [4.69, 9.17) is 0 Å². The lowest BCUT2D eigenvalue weighted by atomic mass is 9.44. The van der Waals surface area contributed by atoms with Crippen molar-refractivity contribution in [3.05, 3.63) is 6.42 Å². The third-order valence-electron chi connectivity index (χ3n) is 5.60. The molecule has 0 spiro atoms. The first-order valence-electron chi connectivity index (χ1n) is 6.58. The van der Waals surface area contributed by atoms with Crippen molar-refractivity contribution in [2.24, 2.45) is 29.1 Å². The Morgan fingerprint density at radius 2 is 1.79 bits per heavy atom. The Morgan fingerprint density at radius 1 is 1.14 bits per heavy atom. The van der Waals surface area contributed by atoms with E-state index in [0.717, 1.165) is 23.7 Å². The van der Waals surface area contributed by atoms with Gasteiger partial charge in [0, 0.05) is 0 Å². The van der Waals surface area contributed by atoms with Crippen LogP contribution in [0, 0.1) is 35.5 Å². The van der Waals surface area contributed by atoms with E-state index >= 15 is 0 Å². The van der Waals surface area contributed by atoms with Gasteiger partial charge in [0.05, 0.1) is 0 Å². The SMILES string of the molecule is C[CH]C12CC3CC(CC(C3)C1CC)C2. The molecule has 0 aliphatic heterocycles. The van der Waals surface area contributed by atoms with Gasteiger partial charge in [-0.25, -0.2) is 0 Å². The van der Waals surface area contributed by atoms with E-state index in [1.165, 1.54) is 19.3 Å². The van der Waals surface area contributed by atoms with Crippen LogP contribution >= 0.6 is 0 Å². The molecular weight excluding hydrogens is 168 g/mol. The molecule has 0 heteroatoms. The fraction of sp³-hybridized carbons (Fsp3) is 0.929. The summed E-state index contributed by atoms with van der Waals surface area (Å²) in [6, 6.07) is 0. The summed E-state index contributed by atoms with van der Waals surface area (Å²) >= 11 is 0. The van der Waals surface area contributed by atoms with Crippen LogP contribution in [-0.4, -0.2) is 0 Å². The van der Waals surface area contributed by atoms with Crippen molar-refractivity contribution in [1.29, 1.82) is 0 Å². The molecule has 0 amide bonds. The maximum atomic E-state index is 2.59. The summed E-state index contributed by atoms with van der Waals surface area (Å²) in [5.41, 5.74) is 0.684. The van der Waals surface area contributed by atoms with Gasteiger partial charge in [-0.1, -0.05) is 20.3 Å². The van der Waals surface area contributed by atoms with Gasteiger partial charge in [0.15, 0.2) is 0 Å². The first kappa shape index (κ1) is 9.24. The van der Waals surface area contributed by atoms with Crippen LogP contribution < -0.4 is 0 Å². The van der Waals surface area contributed by atoms with Crippen LogP contribution in [0.1, 0.15) is 52.4 Å². The Balaban J connectivity index is 1.94. The second-order valence-corrected chi connectivity index (χ2v) is 6.14. The fourth-order valence-corrected chi connectivity index (χ4v) is 5.40. The molecule has 3 atom stereocenters. The molecule has 0 aromatic carbocycles. The van der Waals surface area contributed by atoms with Gasteiger partial charge in [0.25, 0.3) is 0 Å². The second-order valence-electron chi connectivity index (χ2n) is 6.14. The van der Waals surface area contributed by atoms with Crippen molar-refractivity contribution in [1.82, 2.24) is 0 Å². The molecule has 0 saturated heterocycles. The van der Waals surface area contributed by atoms with Gasteiger partial charge >= 0.3 is 0 Å². The van der Waals surface area contributed by atoms with Gasteiger partial charge in [-0.15, -0.1) is 0 Å². The van der Waals surface area contributed by atoms with Crippen molar-refractivity contribution in [2.75, 3.05) is 0 Å². The highest BCUT2D eigenvalue weighted by molar-refractivity contribution is 5.09. The molecule has 4 fully saturated rings. The predicted octanol–water partition coefficient (Wildman–Crippen LogP) is 4.06. The molecule has 0 heterocycles. The van der Waals surface area contributed by atoms with E-state index in [-0.39, 0.29) is 0 Å². The molecule has 4 aliphatic rings. The maximum absolute atomic E-state index is 2.59. The van der Waals surface area contributed by atoms with E-state index in [1.54, 1.807) is 19.3 Å².